The van der Waals surface area contributed by atoms with Gasteiger partial charge in [-0.25, -0.2) is 4.39 Å². The standard InChI is InChI=1S/C22H15ClFN5O/c23-16-6-11-20(19(14-16)22(30)15-4-2-1-3-5-15)25-13-12-21-26-27-28-29(21)18-9-7-17(24)8-10-18/h1-14,25H/b13-12+. The molecule has 148 valence electrons. The van der Waals surface area contributed by atoms with Gasteiger partial charge >= 0.3 is 0 Å². The summed E-state index contributed by atoms with van der Waals surface area (Å²) in [6.45, 7) is 0. The lowest BCUT2D eigenvalue weighted by molar-refractivity contribution is 0.103. The van der Waals surface area contributed by atoms with Crippen LogP contribution in [0.5, 0.6) is 0 Å². The Kier molecular flexibility index (Phi) is 5.63. The first-order valence-corrected chi connectivity index (χ1v) is 9.36. The summed E-state index contributed by atoms with van der Waals surface area (Å²) in [6.07, 6.45) is 3.27. The fraction of sp³-hybridized carbons (Fsp3) is 0. The van der Waals surface area contributed by atoms with Crippen molar-refractivity contribution in [1.29, 1.82) is 0 Å². The first-order valence-electron chi connectivity index (χ1n) is 8.98. The zero-order chi connectivity index (χ0) is 20.9. The largest absolute Gasteiger partial charge is 0.361 e. The van der Waals surface area contributed by atoms with Gasteiger partial charge in [0.1, 0.15) is 5.82 Å². The normalized spacial score (nSPS) is 11.0. The molecule has 0 fully saturated rings. The average molecular weight is 420 g/mol. The van der Waals surface area contributed by atoms with Gasteiger partial charge in [0, 0.05) is 34.1 Å². The van der Waals surface area contributed by atoms with Crippen LogP contribution in [0, 0.1) is 5.82 Å². The zero-order valence-electron chi connectivity index (χ0n) is 15.5. The van der Waals surface area contributed by atoms with Crippen molar-refractivity contribution in [2.75, 3.05) is 5.32 Å². The monoisotopic (exact) mass is 419 g/mol. The van der Waals surface area contributed by atoms with E-state index in [1.54, 1.807) is 66.9 Å². The predicted octanol–water partition coefficient (Wildman–Crippen LogP) is 4.77. The van der Waals surface area contributed by atoms with Gasteiger partial charge in [-0.3, -0.25) is 4.79 Å². The molecule has 0 bridgehead atoms. The van der Waals surface area contributed by atoms with Gasteiger partial charge in [0.15, 0.2) is 11.6 Å². The number of tetrazole rings is 1. The Balaban J connectivity index is 1.58. The lowest BCUT2D eigenvalue weighted by atomic mass is 10.0. The predicted molar refractivity (Wildman–Crippen MR) is 113 cm³/mol. The highest BCUT2D eigenvalue weighted by Crippen LogP contribution is 2.24. The number of ketones is 1. The van der Waals surface area contributed by atoms with E-state index in [4.69, 9.17) is 11.6 Å². The molecule has 1 aromatic heterocycles. The molecule has 0 radical (unpaired) electrons. The molecule has 0 aliphatic rings. The summed E-state index contributed by atoms with van der Waals surface area (Å²) in [5.74, 6) is -0.0620. The van der Waals surface area contributed by atoms with E-state index in [1.807, 2.05) is 6.07 Å². The van der Waals surface area contributed by atoms with Gasteiger partial charge in [0.2, 0.25) is 0 Å². The van der Waals surface area contributed by atoms with Crippen molar-refractivity contribution in [3.63, 3.8) is 0 Å². The SMILES string of the molecule is O=C(c1ccccc1)c1cc(Cl)ccc1N/C=C/c1nnnn1-c1ccc(F)cc1. The van der Waals surface area contributed by atoms with E-state index in [-0.39, 0.29) is 11.6 Å². The quantitative estimate of drug-likeness (QED) is 0.456. The number of nitrogens with one attached hydrogen (secondary N) is 1. The number of benzene rings is 3. The Morgan fingerprint density at radius 1 is 1.03 bits per heavy atom. The fourth-order valence-corrected chi connectivity index (χ4v) is 3.02. The van der Waals surface area contributed by atoms with Crippen molar-refractivity contribution >= 4 is 29.1 Å². The molecule has 8 heteroatoms. The van der Waals surface area contributed by atoms with E-state index in [0.29, 0.717) is 33.3 Å². The molecule has 0 aliphatic carbocycles. The summed E-state index contributed by atoms with van der Waals surface area (Å²) in [5, 5.41) is 15.1. The molecule has 30 heavy (non-hydrogen) atoms. The number of nitrogens with zero attached hydrogens (tertiary/aromatic N) is 4. The molecule has 0 spiro atoms. The second kappa shape index (κ2) is 8.67. The molecular formula is C22H15ClFN5O. The maximum atomic E-state index is 13.2. The minimum Gasteiger partial charge on any atom is -0.361 e. The summed E-state index contributed by atoms with van der Waals surface area (Å²) in [6, 6.07) is 19.8. The lowest BCUT2D eigenvalue weighted by Crippen LogP contribution is -2.05. The van der Waals surface area contributed by atoms with Crippen molar-refractivity contribution in [2.24, 2.45) is 0 Å². The first kappa shape index (κ1) is 19.5. The summed E-state index contributed by atoms with van der Waals surface area (Å²) in [4.78, 5) is 12.9. The van der Waals surface area contributed by atoms with Crippen LogP contribution in [0.1, 0.15) is 21.7 Å². The molecule has 0 saturated carbocycles. The third-order valence-electron chi connectivity index (χ3n) is 4.30. The third-order valence-corrected chi connectivity index (χ3v) is 4.53. The molecule has 1 heterocycles. The number of carbonyl (C=O) groups is 1. The molecule has 4 rings (SSSR count). The highest BCUT2D eigenvalue weighted by molar-refractivity contribution is 6.31. The van der Waals surface area contributed by atoms with E-state index >= 15 is 0 Å². The number of anilines is 1. The van der Waals surface area contributed by atoms with Crippen LogP contribution in [0.15, 0.2) is 79.0 Å². The van der Waals surface area contributed by atoms with E-state index in [2.05, 4.69) is 20.8 Å². The zero-order valence-corrected chi connectivity index (χ0v) is 16.3. The lowest BCUT2D eigenvalue weighted by Gasteiger charge is -2.09. The molecular weight excluding hydrogens is 405 g/mol. The van der Waals surface area contributed by atoms with Crippen LogP contribution in [0.4, 0.5) is 10.1 Å². The van der Waals surface area contributed by atoms with Crippen molar-refractivity contribution < 1.29 is 9.18 Å². The third kappa shape index (κ3) is 4.26. The number of aromatic nitrogens is 4. The maximum absolute atomic E-state index is 13.2. The maximum Gasteiger partial charge on any atom is 0.195 e. The molecule has 1 N–H and O–H groups in total. The van der Waals surface area contributed by atoms with E-state index in [0.717, 1.165) is 0 Å². The highest BCUT2D eigenvalue weighted by Gasteiger charge is 2.14. The van der Waals surface area contributed by atoms with Crippen LogP contribution in [0.3, 0.4) is 0 Å². The molecule has 4 aromatic rings. The Bertz CT molecular complexity index is 1210. The molecule has 0 amide bonds. The van der Waals surface area contributed by atoms with Crippen LogP contribution in [-0.4, -0.2) is 26.0 Å². The van der Waals surface area contributed by atoms with Crippen molar-refractivity contribution in [1.82, 2.24) is 20.2 Å². The Morgan fingerprint density at radius 3 is 2.57 bits per heavy atom. The second-order valence-corrected chi connectivity index (χ2v) is 6.72. The number of hydrogen-bond acceptors (Lipinski definition) is 5. The van der Waals surface area contributed by atoms with Gasteiger partial charge in [-0.1, -0.05) is 41.9 Å². The number of halogens is 2. The topological polar surface area (TPSA) is 72.7 Å². The molecule has 0 aliphatic heterocycles. The fourth-order valence-electron chi connectivity index (χ4n) is 2.85. The molecule has 0 atom stereocenters. The summed E-state index contributed by atoms with van der Waals surface area (Å²) >= 11 is 6.11. The van der Waals surface area contributed by atoms with Crippen molar-refractivity contribution in [3.8, 4) is 5.69 Å². The number of carbonyl (C=O) groups excluding carboxylic acids is 1. The van der Waals surface area contributed by atoms with Crippen molar-refractivity contribution in [2.45, 2.75) is 0 Å². The minimum atomic E-state index is -0.344. The minimum absolute atomic E-state index is 0.148. The Labute approximate surface area is 176 Å². The van der Waals surface area contributed by atoms with Crippen LogP contribution in [0.2, 0.25) is 5.02 Å². The van der Waals surface area contributed by atoms with Crippen LogP contribution < -0.4 is 5.32 Å². The van der Waals surface area contributed by atoms with E-state index in [1.165, 1.54) is 16.8 Å². The summed E-state index contributed by atoms with van der Waals surface area (Å²) < 4.78 is 14.6. The van der Waals surface area contributed by atoms with Crippen LogP contribution in [0.25, 0.3) is 11.8 Å². The van der Waals surface area contributed by atoms with Gasteiger partial charge in [-0.15, -0.1) is 5.10 Å². The Morgan fingerprint density at radius 2 is 1.80 bits per heavy atom. The van der Waals surface area contributed by atoms with E-state index < -0.39 is 0 Å². The Hall–Kier alpha value is -3.84. The molecule has 0 unspecified atom stereocenters. The van der Waals surface area contributed by atoms with Gasteiger partial charge < -0.3 is 5.32 Å². The van der Waals surface area contributed by atoms with Gasteiger partial charge in [0.05, 0.1) is 5.69 Å². The molecule has 0 saturated heterocycles. The average Bonchev–Trinajstić information content (AvgIpc) is 3.24. The first-order chi connectivity index (χ1) is 14.6. The number of hydrogen-bond donors (Lipinski definition) is 1. The molecule has 3 aromatic carbocycles. The van der Waals surface area contributed by atoms with Gasteiger partial charge in [-0.2, -0.15) is 4.68 Å². The van der Waals surface area contributed by atoms with Gasteiger partial charge in [0.25, 0.3) is 0 Å². The van der Waals surface area contributed by atoms with Crippen molar-refractivity contribution in [3.05, 3.63) is 107 Å². The second-order valence-electron chi connectivity index (χ2n) is 6.29. The molecule has 6 nitrogen and oxygen atoms in total. The highest BCUT2D eigenvalue weighted by atomic mass is 35.5. The van der Waals surface area contributed by atoms with Gasteiger partial charge in [-0.05, 0) is 52.9 Å². The van der Waals surface area contributed by atoms with Crippen LogP contribution in [-0.2, 0) is 0 Å². The van der Waals surface area contributed by atoms with Crippen LogP contribution >= 0.6 is 11.6 Å². The summed E-state index contributed by atoms with van der Waals surface area (Å²) in [7, 11) is 0. The summed E-state index contributed by atoms with van der Waals surface area (Å²) in [5.41, 5.74) is 2.21. The number of rotatable bonds is 6. The van der Waals surface area contributed by atoms with E-state index in [9.17, 15) is 9.18 Å². The smallest absolute Gasteiger partial charge is 0.195 e.